The first kappa shape index (κ1) is 21.5. The molecule has 0 fully saturated rings. The molecule has 4 rings (SSSR count). The maximum Gasteiger partial charge on any atom is 0.287 e. The van der Waals surface area contributed by atoms with Crippen LogP contribution in [0.3, 0.4) is 0 Å². The molecule has 3 heterocycles. The molecule has 9 nitrogen and oxygen atoms in total. The number of aromatic nitrogens is 4. The number of hydrogen-bond acceptors (Lipinski definition) is 7. The SMILES string of the molecule is O=[N+]([O-])c1ccc(NCCNc2nc(-c3ccc(Cl)cc3Cl)ccc2-c2cnc[nH]2)nc1. The van der Waals surface area contributed by atoms with E-state index in [1.165, 1.54) is 12.3 Å². The van der Waals surface area contributed by atoms with Gasteiger partial charge in [-0.3, -0.25) is 10.1 Å². The van der Waals surface area contributed by atoms with E-state index >= 15 is 0 Å². The molecule has 0 radical (unpaired) electrons. The van der Waals surface area contributed by atoms with Gasteiger partial charge in [-0.2, -0.15) is 0 Å². The predicted octanol–water partition coefficient (Wildman–Crippen LogP) is 5.27. The number of nitrogens with zero attached hydrogens (tertiary/aromatic N) is 4. The van der Waals surface area contributed by atoms with Gasteiger partial charge in [-0.1, -0.05) is 23.2 Å². The number of aromatic amines is 1. The quantitative estimate of drug-likeness (QED) is 0.182. The fraction of sp³-hybridized carbons (Fsp3) is 0.0952. The fourth-order valence-corrected chi connectivity index (χ4v) is 3.54. The lowest BCUT2D eigenvalue weighted by Crippen LogP contribution is -2.15. The van der Waals surface area contributed by atoms with Crippen LogP contribution in [-0.4, -0.2) is 37.9 Å². The van der Waals surface area contributed by atoms with Crippen LogP contribution in [-0.2, 0) is 0 Å². The van der Waals surface area contributed by atoms with Crippen molar-refractivity contribution in [1.82, 2.24) is 19.9 Å². The summed E-state index contributed by atoms with van der Waals surface area (Å²) in [6.45, 7) is 1.03. The minimum absolute atomic E-state index is 0.0558. The third-order valence-electron chi connectivity index (χ3n) is 4.57. The van der Waals surface area contributed by atoms with Gasteiger partial charge in [0.1, 0.15) is 17.8 Å². The second kappa shape index (κ2) is 9.63. The lowest BCUT2D eigenvalue weighted by molar-refractivity contribution is -0.385. The Morgan fingerprint density at radius 1 is 1.00 bits per heavy atom. The highest BCUT2D eigenvalue weighted by molar-refractivity contribution is 6.36. The van der Waals surface area contributed by atoms with Gasteiger partial charge in [0, 0.05) is 35.3 Å². The molecule has 0 saturated carbocycles. The van der Waals surface area contributed by atoms with Crippen molar-refractivity contribution in [1.29, 1.82) is 0 Å². The first-order valence-corrected chi connectivity index (χ1v) is 10.3. The topological polar surface area (TPSA) is 122 Å². The fourth-order valence-electron chi connectivity index (χ4n) is 3.03. The van der Waals surface area contributed by atoms with E-state index in [0.717, 1.165) is 16.8 Å². The molecule has 3 aromatic heterocycles. The van der Waals surface area contributed by atoms with E-state index < -0.39 is 4.92 Å². The van der Waals surface area contributed by atoms with Gasteiger partial charge in [-0.25, -0.2) is 15.0 Å². The summed E-state index contributed by atoms with van der Waals surface area (Å²) in [5, 5.41) is 18.2. The largest absolute Gasteiger partial charge is 0.368 e. The predicted molar refractivity (Wildman–Crippen MR) is 125 cm³/mol. The highest BCUT2D eigenvalue weighted by atomic mass is 35.5. The third-order valence-corrected chi connectivity index (χ3v) is 5.12. The van der Waals surface area contributed by atoms with Crippen LogP contribution in [0.25, 0.3) is 22.5 Å². The van der Waals surface area contributed by atoms with Crippen LogP contribution in [0.2, 0.25) is 10.0 Å². The number of nitro groups is 1. The van der Waals surface area contributed by atoms with Crippen LogP contribution in [0, 0.1) is 10.1 Å². The zero-order chi connectivity index (χ0) is 22.5. The molecule has 0 saturated heterocycles. The minimum Gasteiger partial charge on any atom is -0.368 e. The number of hydrogen-bond donors (Lipinski definition) is 3. The molecular weight excluding hydrogens is 453 g/mol. The molecular formula is C21H17Cl2N7O2. The number of rotatable bonds is 8. The number of pyridine rings is 2. The second-order valence-electron chi connectivity index (χ2n) is 6.69. The summed E-state index contributed by atoms with van der Waals surface area (Å²) >= 11 is 12.4. The monoisotopic (exact) mass is 469 g/mol. The van der Waals surface area contributed by atoms with Gasteiger partial charge < -0.3 is 15.6 Å². The highest BCUT2D eigenvalue weighted by Crippen LogP contribution is 2.33. The number of benzene rings is 1. The molecule has 11 heteroatoms. The number of imidazole rings is 1. The molecule has 0 aliphatic heterocycles. The Balaban J connectivity index is 1.51. The molecule has 0 unspecified atom stereocenters. The van der Waals surface area contributed by atoms with E-state index in [9.17, 15) is 10.1 Å². The summed E-state index contributed by atoms with van der Waals surface area (Å²) in [6.07, 6.45) is 4.54. The lowest BCUT2D eigenvalue weighted by atomic mass is 10.1. The Morgan fingerprint density at radius 3 is 2.50 bits per heavy atom. The van der Waals surface area contributed by atoms with Gasteiger partial charge >= 0.3 is 0 Å². The normalized spacial score (nSPS) is 10.7. The standard InChI is InChI=1S/C21H17Cl2N7O2/c22-13-1-3-15(17(23)9-13)18-5-4-16(19-11-24-12-28-19)21(29-18)26-8-7-25-20-6-2-14(10-27-20)30(31)32/h1-6,9-12H,7-8H2,(H,24,28)(H,25,27)(H,26,29). The van der Waals surface area contributed by atoms with E-state index in [-0.39, 0.29) is 5.69 Å². The van der Waals surface area contributed by atoms with E-state index in [2.05, 4.69) is 25.6 Å². The molecule has 0 aliphatic rings. The molecule has 0 aliphatic carbocycles. The van der Waals surface area contributed by atoms with Crippen molar-refractivity contribution in [3.05, 3.63) is 81.3 Å². The Morgan fingerprint density at radius 2 is 1.81 bits per heavy atom. The van der Waals surface area contributed by atoms with Crippen molar-refractivity contribution in [2.45, 2.75) is 0 Å². The summed E-state index contributed by atoms with van der Waals surface area (Å²) in [7, 11) is 0. The summed E-state index contributed by atoms with van der Waals surface area (Å²) in [5.74, 6) is 1.19. The molecule has 0 bridgehead atoms. The Kier molecular flexibility index (Phi) is 6.48. The zero-order valence-corrected chi connectivity index (χ0v) is 18.1. The van der Waals surface area contributed by atoms with Gasteiger partial charge in [0.25, 0.3) is 5.69 Å². The molecule has 32 heavy (non-hydrogen) atoms. The molecule has 0 spiro atoms. The van der Waals surface area contributed by atoms with Crippen molar-refractivity contribution < 1.29 is 4.92 Å². The van der Waals surface area contributed by atoms with Gasteiger partial charge in [0.2, 0.25) is 0 Å². The van der Waals surface area contributed by atoms with Crippen molar-refractivity contribution in [3.63, 3.8) is 0 Å². The molecule has 3 N–H and O–H groups in total. The van der Waals surface area contributed by atoms with Crippen LogP contribution in [0.15, 0.2) is 61.2 Å². The Labute approximate surface area is 193 Å². The molecule has 0 amide bonds. The molecule has 1 aromatic carbocycles. The second-order valence-corrected chi connectivity index (χ2v) is 7.54. The van der Waals surface area contributed by atoms with Gasteiger partial charge in [0.05, 0.1) is 33.9 Å². The summed E-state index contributed by atoms with van der Waals surface area (Å²) < 4.78 is 0. The van der Waals surface area contributed by atoms with Crippen LogP contribution >= 0.6 is 23.2 Å². The maximum atomic E-state index is 10.7. The van der Waals surface area contributed by atoms with E-state index in [1.807, 2.05) is 18.2 Å². The lowest BCUT2D eigenvalue weighted by Gasteiger charge is -2.13. The van der Waals surface area contributed by atoms with Crippen LogP contribution in [0.5, 0.6) is 0 Å². The van der Waals surface area contributed by atoms with Gasteiger partial charge in [0.15, 0.2) is 0 Å². The number of nitrogens with one attached hydrogen (secondary N) is 3. The number of anilines is 2. The van der Waals surface area contributed by atoms with Crippen LogP contribution in [0.1, 0.15) is 0 Å². The highest BCUT2D eigenvalue weighted by Gasteiger charge is 2.13. The summed E-state index contributed by atoms with van der Waals surface area (Å²) in [4.78, 5) is 26.2. The summed E-state index contributed by atoms with van der Waals surface area (Å²) in [5.41, 5.74) is 3.08. The van der Waals surface area contributed by atoms with E-state index in [0.29, 0.717) is 40.5 Å². The zero-order valence-electron chi connectivity index (χ0n) is 16.5. The number of H-pyrrole nitrogens is 1. The third kappa shape index (κ3) is 4.96. The van der Waals surface area contributed by atoms with Gasteiger partial charge in [-0.15, -0.1) is 0 Å². The summed E-state index contributed by atoms with van der Waals surface area (Å²) in [6, 6.07) is 12.1. The average molecular weight is 470 g/mol. The van der Waals surface area contributed by atoms with Crippen molar-refractivity contribution >= 4 is 40.5 Å². The van der Waals surface area contributed by atoms with Crippen molar-refractivity contribution in [2.75, 3.05) is 23.7 Å². The molecule has 4 aromatic rings. The molecule has 0 atom stereocenters. The average Bonchev–Trinajstić information content (AvgIpc) is 3.32. The first-order valence-electron chi connectivity index (χ1n) is 9.54. The van der Waals surface area contributed by atoms with Gasteiger partial charge in [-0.05, 0) is 36.4 Å². The van der Waals surface area contributed by atoms with Crippen molar-refractivity contribution in [2.24, 2.45) is 0 Å². The minimum atomic E-state index is -0.485. The maximum absolute atomic E-state index is 10.7. The number of halogens is 2. The van der Waals surface area contributed by atoms with Crippen LogP contribution < -0.4 is 10.6 Å². The Hall–Kier alpha value is -3.69. The Bertz CT molecular complexity index is 1230. The first-order chi connectivity index (χ1) is 15.5. The van der Waals surface area contributed by atoms with Crippen LogP contribution in [0.4, 0.5) is 17.3 Å². The van der Waals surface area contributed by atoms with E-state index in [4.69, 9.17) is 28.2 Å². The van der Waals surface area contributed by atoms with E-state index in [1.54, 1.807) is 30.7 Å². The molecule has 162 valence electrons. The smallest absolute Gasteiger partial charge is 0.287 e. The van der Waals surface area contributed by atoms with Crippen molar-refractivity contribution in [3.8, 4) is 22.5 Å².